The van der Waals surface area contributed by atoms with Gasteiger partial charge in [-0.05, 0) is 30.9 Å². The van der Waals surface area contributed by atoms with E-state index < -0.39 is 47.9 Å². The molecular formula is C23H33N5O5S. The van der Waals surface area contributed by atoms with Crippen molar-refractivity contribution in [2.24, 2.45) is 11.7 Å². The molecule has 186 valence electrons. The number of H-pyrrole nitrogens is 1. The quantitative estimate of drug-likeness (QED) is 0.214. The molecule has 4 atom stereocenters. The van der Waals surface area contributed by atoms with Crippen molar-refractivity contribution in [3.8, 4) is 0 Å². The Hall–Kier alpha value is -3.05. The van der Waals surface area contributed by atoms with Gasteiger partial charge in [0.1, 0.15) is 18.1 Å². The second kappa shape index (κ2) is 12.4. The highest BCUT2D eigenvalue weighted by Crippen LogP contribution is 2.19. The highest BCUT2D eigenvalue weighted by molar-refractivity contribution is 7.80. The summed E-state index contributed by atoms with van der Waals surface area (Å²) in [6.07, 6.45) is 2.12. The molecule has 34 heavy (non-hydrogen) atoms. The number of hydrogen-bond acceptors (Lipinski definition) is 6. The van der Waals surface area contributed by atoms with Crippen LogP contribution in [-0.2, 0) is 25.6 Å². The average Bonchev–Trinajstić information content (AvgIpc) is 3.19. The van der Waals surface area contributed by atoms with Crippen LogP contribution in [0.1, 0.15) is 32.8 Å². The molecule has 4 unspecified atom stereocenters. The molecule has 1 aromatic carbocycles. The lowest BCUT2D eigenvalue weighted by atomic mass is 10.0. The maximum Gasteiger partial charge on any atom is 0.326 e. The van der Waals surface area contributed by atoms with Gasteiger partial charge in [-0.25, -0.2) is 4.79 Å². The first kappa shape index (κ1) is 27.2. The fourth-order valence-corrected chi connectivity index (χ4v) is 3.63. The van der Waals surface area contributed by atoms with Gasteiger partial charge < -0.3 is 31.8 Å². The molecule has 0 fully saturated rings. The van der Waals surface area contributed by atoms with Crippen LogP contribution in [0.3, 0.4) is 0 Å². The van der Waals surface area contributed by atoms with Crippen LogP contribution in [0, 0.1) is 5.92 Å². The minimum Gasteiger partial charge on any atom is -0.480 e. The van der Waals surface area contributed by atoms with E-state index in [-0.39, 0.29) is 18.1 Å². The largest absolute Gasteiger partial charge is 0.480 e. The lowest BCUT2D eigenvalue weighted by Crippen LogP contribution is -2.56. The number of aromatic amines is 1. The van der Waals surface area contributed by atoms with Gasteiger partial charge in [0, 0.05) is 29.3 Å². The molecule has 0 saturated heterocycles. The topological polar surface area (TPSA) is 166 Å². The van der Waals surface area contributed by atoms with Crippen molar-refractivity contribution in [1.82, 2.24) is 20.9 Å². The van der Waals surface area contributed by atoms with Crippen LogP contribution in [0.15, 0.2) is 30.5 Å². The van der Waals surface area contributed by atoms with Crippen LogP contribution >= 0.6 is 12.6 Å². The van der Waals surface area contributed by atoms with E-state index in [9.17, 15) is 24.3 Å². The van der Waals surface area contributed by atoms with Crippen molar-refractivity contribution in [2.45, 2.75) is 57.8 Å². The first-order chi connectivity index (χ1) is 16.0. The van der Waals surface area contributed by atoms with Gasteiger partial charge in [0.2, 0.25) is 17.7 Å². The molecule has 7 N–H and O–H groups in total. The number of nitrogens with two attached hydrogens (primary N) is 1. The Balaban J connectivity index is 2.04. The molecule has 0 spiro atoms. The van der Waals surface area contributed by atoms with E-state index >= 15 is 0 Å². The van der Waals surface area contributed by atoms with Crippen LogP contribution in [0.4, 0.5) is 0 Å². The van der Waals surface area contributed by atoms with Crippen molar-refractivity contribution >= 4 is 47.2 Å². The van der Waals surface area contributed by atoms with E-state index in [1.165, 1.54) is 6.92 Å². The first-order valence-corrected chi connectivity index (χ1v) is 11.7. The number of benzene rings is 1. The molecule has 2 rings (SSSR count). The summed E-state index contributed by atoms with van der Waals surface area (Å²) in [5.74, 6) is -2.71. The summed E-state index contributed by atoms with van der Waals surface area (Å²) in [6.45, 7) is 5.23. The molecule has 0 aliphatic heterocycles. The predicted octanol–water partition coefficient (Wildman–Crippen LogP) is 0.573. The van der Waals surface area contributed by atoms with Gasteiger partial charge in [-0.2, -0.15) is 12.6 Å². The van der Waals surface area contributed by atoms with Crippen molar-refractivity contribution in [3.63, 3.8) is 0 Å². The Morgan fingerprint density at radius 3 is 2.26 bits per heavy atom. The van der Waals surface area contributed by atoms with Gasteiger partial charge in [0.15, 0.2) is 0 Å². The molecule has 2 aromatic rings. The Labute approximate surface area is 203 Å². The zero-order valence-corrected chi connectivity index (χ0v) is 20.4. The fourth-order valence-electron chi connectivity index (χ4n) is 3.46. The summed E-state index contributed by atoms with van der Waals surface area (Å²) in [6, 6.07) is 3.48. The molecule has 0 radical (unpaired) electrons. The maximum absolute atomic E-state index is 12.8. The third kappa shape index (κ3) is 7.49. The zero-order valence-electron chi connectivity index (χ0n) is 19.5. The monoisotopic (exact) mass is 491 g/mol. The van der Waals surface area contributed by atoms with Gasteiger partial charge in [-0.3, -0.25) is 14.4 Å². The van der Waals surface area contributed by atoms with Crippen molar-refractivity contribution in [2.75, 3.05) is 5.75 Å². The summed E-state index contributed by atoms with van der Waals surface area (Å²) in [5.41, 5.74) is 7.29. The van der Waals surface area contributed by atoms with E-state index in [0.29, 0.717) is 6.42 Å². The van der Waals surface area contributed by atoms with Crippen LogP contribution in [0.2, 0.25) is 0 Å². The number of carbonyl (C=O) groups is 4. The van der Waals surface area contributed by atoms with Gasteiger partial charge in [0.05, 0.1) is 6.04 Å². The Kier molecular flexibility index (Phi) is 9.94. The number of aromatic nitrogens is 1. The van der Waals surface area contributed by atoms with E-state index in [1.54, 1.807) is 6.20 Å². The zero-order chi connectivity index (χ0) is 25.4. The van der Waals surface area contributed by atoms with Crippen LogP contribution in [0.5, 0.6) is 0 Å². The Morgan fingerprint density at radius 2 is 1.65 bits per heavy atom. The minimum atomic E-state index is -1.19. The lowest BCUT2D eigenvalue weighted by molar-refractivity contribution is -0.142. The lowest BCUT2D eigenvalue weighted by Gasteiger charge is -2.24. The van der Waals surface area contributed by atoms with Gasteiger partial charge in [0.25, 0.3) is 0 Å². The molecule has 1 heterocycles. The third-order valence-electron chi connectivity index (χ3n) is 5.34. The van der Waals surface area contributed by atoms with E-state index in [0.717, 1.165) is 16.5 Å². The summed E-state index contributed by atoms with van der Waals surface area (Å²) in [5, 5.41) is 18.2. The Morgan fingerprint density at radius 1 is 1.00 bits per heavy atom. The number of carboxylic acids is 1. The standard InChI is InChI=1S/C23H33N5O5S/c1-12(2)8-18(27-21(30)16(24)11-34)22(31)26-13(3)20(29)28-19(23(32)33)9-14-10-25-17-7-5-4-6-15(14)17/h4-7,10,12-13,16,18-19,25,34H,8-9,11,24H2,1-3H3,(H,26,31)(H,27,30)(H,28,29)(H,32,33). The van der Waals surface area contributed by atoms with Crippen LogP contribution in [-0.4, -0.2) is 63.7 Å². The smallest absolute Gasteiger partial charge is 0.326 e. The summed E-state index contributed by atoms with van der Waals surface area (Å²) in [7, 11) is 0. The van der Waals surface area contributed by atoms with Gasteiger partial charge in [-0.1, -0.05) is 32.0 Å². The second-order valence-corrected chi connectivity index (χ2v) is 9.04. The SMILES string of the molecule is CC(C)CC(NC(=O)C(N)CS)C(=O)NC(C)C(=O)NC(Cc1c[nH]c2ccccc12)C(=O)O. The molecular weight excluding hydrogens is 458 g/mol. The minimum absolute atomic E-state index is 0.0689. The van der Waals surface area contributed by atoms with Crippen LogP contribution in [0.25, 0.3) is 10.9 Å². The number of hydrogen-bond donors (Lipinski definition) is 7. The van der Waals surface area contributed by atoms with Crippen LogP contribution < -0.4 is 21.7 Å². The molecule has 10 nitrogen and oxygen atoms in total. The Bertz CT molecular complexity index is 1020. The van der Waals surface area contributed by atoms with Gasteiger partial charge >= 0.3 is 5.97 Å². The van der Waals surface area contributed by atoms with Gasteiger partial charge in [-0.15, -0.1) is 0 Å². The molecule has 11 heteroatoms. The summed E-state index contributed by atoms with van der Waals surface area (Å²) >= 11 is 3.99. The normalized spacial score (nSPS) is 14.8. The molecule has 1 aromatic heterocycles. The van der Waals surface area contributed by atoms with E-state index in [1.807, 2.05) is 38.1 Å². The van der Waals surface area contributed by atoms with E-state index in [2.05, 4.69) is 33.6 Å². The summed E-state index contributed by atoms with van der Waals surface area (Å²) in [4.78, 5) is 52.5. The first-order valence-electron chi connectivity index (χ1n) is 11.1. The van der Waals surface area contributed by atoms with E-state index in [4.69, 9.17) is 5.73 Å². The number of carboxylic acid groups (broad SMARTS) is 1. The number of thiol groups is 1. The highest BCUT2D eigenvalue weighted by Gasteiger charge is 2.29. The number of carbonyl (C=O) groups excluding carboxylic acids is 3. The predicted molar refractivity (Wildman–Crippen MR) is 132 cm³/mol. The van der Waals surface area contributed by atoms with Crippen molar-refractivity contribution in [1.29, 1.82) is 0 Å². The molecule has 0 aliphatic carbocycles. The number of nitrogens with one attached hydrogen (secondary N) is 4. The fraction of sp³-hybridized carbons (Fsp3) is 0.478. The van der Waals surface area contributed by atoms with Crippen molar-refractivity contribution < 1.29 is 24.3 Å². The highest BCUT2D eigenvalue weighted by atomic mass is 32.1. The molecule has 0 bridgehead atoms. The second-order valence-electron chi connectivity index (χ2n) is 8.67. The summed E-state index contributed by atoms with van der Waals surface area (Å²) < 4.78 is 0. The number of rotatable bonds is 12. The maximum atomic E-state index is 12.8. The molecule has 0 saturated carbocycles. The number of para-hydroxylation sites is 1. The number of aliphatic carboxylic acids is 1. The van der Waals surface area contributed by atoms with Crippen molar-refractivity contribution in [3.05, 3.63) is 36.0 Å². The number of fused-ring (bicyclic) bond motifs is 1. The number of amides is 3. The molecule has 0 aliphatic rings. The molecule has 3 amide bonds. The third-order valence-corrected chi connectivity index (χ3v) is 5.73. The average molecular weight is 492 g/mol.